The maximum atomic E-state index is 6.79. The van der Waals surface area contributed by atoms with Gasteiger partial charge in [0.2, 0.25) is 0 Å². The standard InChI is InChI=1S/C24H23Cl2N9OS/c1-32(2)37-35-10-9-27-21(35)14-34(23-16(25)5-7-19(36-4)22(23)26)20-8-6-17-24(31-20)30-18(12-28-17)15-11-29-33(3)13-15/h5-13H,14H2,1-4H3. The molecule has 5 aromatic rings. The summed E-state index contributed by atoms with van der Waals surface area (Å²) in [6.45, 7) is 0.328. The monoisotopic (exact) mass is 555 g/mol. The van der Waals surface area contributed by atoms with Crippen molar-refractivity contribution in [3.05, 3.63) is 71.1 Å². The topological polar surface area (TPSA) is 90.0 Å². The van der Waals surface area contributed by atoms with Gasteiger partial charge >= 0.3 is 0 Å². The van der Waals surface area contributed by atoms with Crippen molar-refractivity contribution in [2.24, 2.45) is 7.05 Å². The van der Waals surface area contributed by atoms with Crippen molar-refractivity contribution in [3.8, 4) is 17.0 Å². The minimum absolute atomic E-state index is 0.328. The zero-order valence-corrected chi connectivity index (χ0v) is 22.8. The molecule has 37 heavy (non-hydrogen) atoms. The Kier molecular flexibility index (Phi) is 7.20. The molecule has 13 heteroatoms. The van der Waals surface area contributed by atoms with Crippen LogP contribution in [0.1, 0.15) is 5.82 Å². The molecule has 0 bridgehead atoms. The molecule has 0 unspecified atom stereocenters. The number of aromatic nitrogens is 7. The van der Waals surface area contributed by atoms with E-state index in [9.17, 15) is 0 Å². The quantitative estimate of drug-likeness (QED) is 0.238. The number of rotatable bonds is 8. The molecule has 0 N–H and O–H groups in total. The maximum Gasteiger partial charge on any atom is 0.180 e. The first-order valence-electron chi connectivity index (χ1n) is 11.1. The average Bonchev–Trinajstić information content (AvgIpc) is 3.51. The molecule has 190 valence electrons. The Morgan fingerprint density at radius 1 is 1.05 bits per heavy atom. The molecule has 0 aliphatic rings. The van der Waals surface area contributed by atoms with Crippen LogP contribution in [0.4, 0.5) is 11.5 Å². The summed E-state index contributed by atoms with van der Waals surface area (Å²) < 4.78 is 11.1. The molecule has 0 saturated carbocycles. The van der Waals surface area contributed by atoms with Crippen molar-refractivity contribution in [2.75, 3.05) is 26.1 Å². The van der Waals surface area contributed by atoms with E-state index >= 15 is 0 Å². The summed E-state index contributed by atoms with van der Waals surface area (Å²) in [6, 6.07) is 7.21. The van der Waals surface area contributed by atoms with Crippen LogP contribution in [0.25, 0.3) is 22.4 Å². The van der Waals surface area contributed by atoms with Crippen LogP contribution in [-0.2, 0) is 13.6 Å². The van der Waals surface area contributed by atoms with Gasteiger partial charge in [0.05, 0.1) is 42.5 Å². The van der Waals surface area contributed by atoms with Crippen LogP contribution in [0.15, 0.2) is 55.2 Å². The van der Waals surface area contributed by atoms with Crippen LogP contribution in [0.3, 0.4) is 0 Å². The third-order valence-corrected chi connectivity index (χ3v) is 6.93. The van der Waals surface area contributed by atoms with Gasteiger partial charge < -0.3 is 9.64 Å². The second-order valence-electron chi connectivity index (χ2n) is 8.23. The molecule has 5 rings (SSSR count). The molecule has 0 aliphatic carbocycles. The second-order valence-corrected chi connectivity index (χ2v) is 10.3. The van der Waals surface area contributed by atoms with Gasteiger partial charge in [-0.2, -0.15) is 5.10 Å². The number of methoxy groups -OCH3 is 1. The lowest BCUT2D eigenvalue weighted by atomic mass is 10.2. The number of hydrogen-bond donors (Lipinski definition) is 0. The van der Waals surface area contributed by atoms with E-state index in [1.807, 2.05) is 58.8 Å². The molecule has 10 nitrogen and oxygen atoms in total. The van der Waals surface area contributed by atoms with E-state index in [4.69, 9.17) is 37.9 Å². The number of hydrogen-bond acceptors (Lipinski definition) is 9. The molecule has 0 spiro atoms. The number of anilines is 2. The lowest BCUT2D eigenvalue weighted by Crippen LogP contribution is -2.21. The number of halogens is 2. The number of ether oxygens (including phenoxy) is 1. The predicted octanol–water partition coefficient (Wildman–Crippen LogP) is 5.25. The fourth-order valence-electron chi connectivity index (χ4n) is 3.76. The van der Waals surface area contributed by atoms with Crippen molar-refractivity contribution in [3.63, 3.8) is 0 Å². The first-order valence-corrected chi connectivity index (χ1v) is 12.6. The van der Waals surface area contributed by atoms with Crippen molar-refractivity contribution in [1.29, 1.82) is 0 Å². The van der Waals surface area contributed by atoms with Crippen molar-refractivity contribution < 1.29 is 4.74 Å². The van der Waals surface area contributed by atoms with Gasteiger partial charge in [-0.05, 0) is 38.4 Å². The van der Waals surface area contributed by atoms with Crippen LogP contribution in [0.2, 0.25) is 10.0 Å². The highest BCUT2D eigenvalue weighted by Gasteiger charge is 2.23. The molecule has 0 atom stereocenters. The smallest absolute Gasteiger partial charge is 0.180 e. The fourth-order valence-corrected chi connectivity index (χ4v) is 5.07. The zero-order valence-electron chi connectivity index (χ0n) is 20.5. The molecular formula is C24H23Cl2N9OS. The highest BCUT2D eigenvalue weighted by molar-refractivity contribution is 7.95. The van der Waals surface area contributed by atoms with Gasteiger partial charge in [0.25, 0.3) is 0 Å². The van der Waals surface area contributed by atoms with Gasteiger partial charge in [0.1, 0.15) is 27.9 Å². The SMILES string of the molecule is COc1ccc(Cl)c(N(Cc2nccn2SN(C)C)c2ccc3ncc(-c4cnn(C)c4)nc3n2)c1Cl. The van der Waals surface area contributed by atoms with Crippen LogP contribution >= 0.6 is 35.3 Å². The second kappa shape index (κ2) is 10.5. The summed E-state index contributed by atoms with van der Waals surface area (Å²) in [5.74, 6) is 1.84. The van der Waals surface area contributed by atoms with Crippen LogP contribution in [0, 0.1) is 0 Å². The summed E-state index contributed by atoms with van der Waals surface area (Å²) >= 11 is 15.0. The molecule has 0 radical (unpaired) electrons. The minimum atomic E-state index is 0.328. The first-order chi connectivity index (χ1) is 17.8. The normalized spacial score (nSPS) is 11.4. The lowest BCUT2D eigenvalue weighted by Gasteiger charge is -2.27. The molecule has 0 aliphatic heterocycles. The number of benzene rings is 1. The average molecular weight is 556 g/mol. The Balaban J connectivity index is 1.64. The number of fused-ring (bicyclic) bond motifs is 1. The lowest BCUT2D eigenvalue weighted by molar-refractivity contribution is 0.415. The third-order valence-electron chi connectivity index (χ3n) is 5.42. The van der Waals surface area contributed by atoms with E-state index in [1.165, 1.54) is 12.1 Å². The summed E-state index contributed by atoms with van der Waals surface area (Å²) in [4.78, 5) is 20.6. The molecule has 0 fully saturated rings. The highest BCUT2D eigenvalue weighted by Crippen LogP contribution is 2.43. The van der Waals surface area contributed by atoms with E-state index < -0.39 is 0 Å². The van der Waals surface area contributed by atoms with E-state index in [0.29, 0.717) is 50.7 Å². The molecule has 0 amide bonds. The Bertz CT molecular complexity index is 1570. The Labute approximate surface area is 228 Å². The van der Waals surface area contributed by atoms with Crippen molar-refractivity contribution in [2.45, 2.75) is 6.54 Å². The predicted molar refractivity (Wildman–Crippen MR) is 147 cm³/mol. The third kappa shape index (κ3) is 5.21. The van der Waals surface area contributed by atoms with Gasteiger partial charge in [-0.1, -0.05) is 23.2 Å². The molecule has 0 saturated heterocycles. The van der Waals surface area contributed by atoms with Crippen LogP contribution < -0.4 is 9.64 Å². The number of nitrogens with zero attached hydrogens (tertiary/aromatic N) is 9. The Morgan fingerprint density at radius 3 is 2.62 bits per heavy atom. The Morgan fingerprint density at radius 2 is 1.89 bits per heavy atom. The molecular weight excluding hydrogens is 533 g/mol. The van der Waals surface area contributed by atoms with E-state index in [1.54, 1.807) is 42.5 Å². The van der Waals surface area contributed by atoms with Crippen LogP contribution in [0.5, 0.6) is 5.75 Å². The first kappa shape index (κ1) is 25.3. The largest absolute Gasteiger partial charge is 0.495 e. The molecule has 1 aromatic carbocycles. The van der Waals surface area contributed by atoms with Crippen molar-refractivity contribution in [1.82, 2.24) is 38.0 Å². The van der Waals surface area contributed by atoms with E-state index in [-0.39, 0.29) is 0 Å². The summed E-state index contributed by atoms with van der Waals surface area (Å²) in [5, 5.41) is 5.04. The Hall–Kier alpha value is -3.38. The number of aryl methyl sites for hydroxylation is 1. The molecule has 4 heterocycles. The minimum Gasteiger partial charge on any atom is -0.495 e. The van der Waals surface area contributed by atoms with Gasteiger partial charge in [0.15, 0.2) is 5.65 Å². The summed E-state index contributed by atoms with van der Waals surface area (Å²) in [7, 11) is 7.34. The summed E-state index contributed by atoms with van der Waals surface area (Å²) in [6.07, 6.45) is 8.97. The summed E-state index contributed by atoms with van der Waals surface area (Å²) in [5.41, 5.74) is 3.21. The highest BCUT2D eigenvalue weighted by atomic mass is 35.5. The maximum absolute atomic E-state index is 6.79. The van der Waals surface area contributed by atoms with Crippen LogP contribution in [-0.4, -0.2) is 59.2 Å². The van der Waals surface area contributed by atoms with E-state index in [2.05, 4.69) is 15.1 Å². The van der Waals surface area contributed by atoms with Gasteiger partial charge in [0, 0.05) is 43.3 Å². The fraction of sp³-hybridized carbons (Fsp3) is 0.208. The van der Waals surface area contributed by atoms with Crippen molar-refractivity contribution >= 4 is 58.0 Å². The van der Waals surface area contributed by atoms with E-state index in [0.717, 1.165) is 11.4 Å². The van der Waals surface area contributed by atoms with Gasteiger partial charge in [-0.15, -0.1) is 0 Å². The number of imidazole rings is 1. The van der Waals surface area contributed by atoms with Gasteiger partial charge in [-0.3, -0.25) is 13.6 Å². The van der Waals surface area contributed by atoms with Gasteiger partial charge in [-0.25, -0.2) is 19.3 Å². The molecule has 4 aromatic heterocycles. The number of pyridine rings is 1. The zero-order chi connectivity index (χ0) is 26.1.